The molecule has 0 radical (unpaired) electrons. The Kier molecular flexibility index (Phi) is 6.05. The summed E-state index contributed by atoms with van der Waals surface area (Å²) in [6.45, 7) is 5.76. The first-order chi connectivity index (χ1) is 9.51. The highest BCUT2D eigenvalue weighted by molar-refractivity contribution is 9.11. The molecular formula is C15H26BrN3S. The molecule has 1 fully saturated rings. The van der Waals surface area contributed by atoms with Crippen LogP contribution in [0.2, 0.25) is 0 Å². The fourth-order valence-corrected chi connectivity index (χ4v) is 4.83. The average Bonchev–Trinajstić information content (AvgIpc) is 2.99. The Morgan fingerprint density at radius 2 is 2.30 bits per heavy atom. The van der Waals surface area contributed by atoms with Crippen LogP contribution in [0.3, 0.4) is 0 Å². The molecule has 0 aromatic carbocycles. The quantitative estimate of drug-likeness (QED) is 0.846. The molecule has 2 heterocycles. The first-order valence-electron chi connectivity index (χ1n) is 7.40. The van der Waals surface area contributed by atoms with Crippen LogP contribution in [0.5, 0.6) is 0 Å². The van der Waals surface area contributed by atoms with Crippen molar-refractivity contribution in [1.82, 2.24) is 9.80 Å². The third-order valence-electron chi connectivity index (χ3n) is 4.27. The first kappa shape index (κ1) is 16.4. The van der Waals surface area contributed by atoms with Gasteiger partial charge < -0.3 is 10.6 Å². The summed E-state index contributed by atoms with van der Waals surface area (Å²) in [6.07, 6.45) is 2.32. The summed E-state index contributed by atoms with van der Waals surface area (Å²) in [7, 11) is 4.44. The molecule has 3 atom stereocenters. The van der Waals surface area contributed by atoms with Gasteiger partial charge in [0.15, 0.2) is 0 Å². The SMILES string of the molecule is CCC(N)C(c1ccc(Br)s1)N(C)CC1CCN(C)C1. The zero-order valence-electron chi connectivity index (χ0n) is 12.7. The molecule has 0 saturated carbocycles. The van der Waals surface area contributed by atoms with E-state index < -0.39 is 0 Å². The normalized spacial score (nSPS) is 23.4. The number of hydrogen-bond acceptors (Lipinski definition) is 4. The highest BCUT2D eigenvalue weighted by atomic mass is 79.9. The molecule has 1 aliphatic heterocycles. The van der Waals surface area contributed by atoms with E-state index in [-0.39, 0.29) is 6.04 Å². The van der Waals surface area contributed by atoms with Crippen molar-refractivity contribution >= 4 is 27.3 Å². The number of halogens is 1. The lowest BCUT2D eigenvalue weighted by atomic mass is 10.0. The molecule has 20 heavy (non-hydrogen) atoms. The second-order valence-corrected chi connectivity index (χ2v) is 8.51. The van der Waals surface area contributed by atoms with Crippen molar-refractivity contribution in [2.75, 3.05) is 33.7 Å². The molecule has 1 aromatic rings. The van der Waals surface area contributed by atoms with Crippen LogP contribution in [0.25, 0.3) is 0 Å². The van der Waals surface area contributed by atoms with Crippen molar-refractivity contribution in [2.24, 2.45) is 11.7 Å². The van der Waals surface area contributed by atoms with E-state index in [1.54, 1.807) is 0 Å². The minimum atomic E-state index is 0.199. The van der Waals surface area contributed by atoms with Crippen molar-refractivity contribution in [1.29, 1.82) is 0 Å². The van der Waals surface area contributed by atoms with Crippen LogP contribution in [0, 0.1) is 5.92 Å². The van der Waals surface area contributed by atoms with E-state index in [4.69, 9.17) is 5.73 Å². The lowest BCUT2D eigenvalue weighted by Gasteiger charge is -2.33. The molecule has 0 aliphatic carbocycles. The van der Waals surface area contributed by atoms with Crippen LogP contribution in [0.1, 0.15) is 30.7 Å². The molecule has 1 aromatic heterocycles. The maximum absolute atomic E-state index is 6.40. The first-order valence-corrected chi connectivity index (χ1v) is 9.01. The van der Waals surface area contributed by atoms with Gasteiger partial charge in [0.25, 0.3) is 0 Å². The van der Waals surface area contributed by atoms with E-state index in [2.05, 4.69) is 58.9 Å². The molecule has 114 valence electrons. The summed E-state index contributed by atoms with van der Waals surface area (Å²) in [6, 6.07) is 4.88. The second-order valence-electron chi connectivity index (χ2n) is 6.02. The number of likely N-dealkylation sites (tertiary alicyclic amines) is 1. The third kappa shape index (κ3) is 4.04. The predicted octanol–water partition coefficient (Wildman–Crippen LogP) is 3.17. The van der Waals surface area contributed by atoms with Gasteiger partial charge >= 0.3 is 0 Å². The lowest BCUT2D eigenvalue weighted by Crippen LogP contribution is -2.40. The Morgan fingerprint density at radius 3 is 2.80 bits per heavy atom. The molecule has 2 rings (SSSR count). The number of hydrogen-bond donors (Lipinski definition) is 1. The number of nitrogens with two attached hydrogens (primary N) is 1. The van der Waals surface area contributed by atoms with Crippen LogP contribution in [-0.4, -0.2) is 49.6 Å². The van der Waals surface area contributed by atoms with Gasteiger partial charge in [-0.05, 0) is 67.5 Å². The summed E-state index contributed by atoms with van der Waals surface area (Å²) in [5.74, 6) is 0.778. The molecular weight excluding hydrogens is 334 g/mol. The van der Waals surface area contributed by atoms with Gasteiger partial charge in [-0.25, -0.2) is 0 Å². The molecule has 0 bridgehead atoms. The van der Waals surface area contributed by atoms with E-state index in [1.165, 1.54) is 28.2 Å². The minimum Gasteiger partial charge on any atom is -0.326 e. The van der Waals surface area contributed by atoms with E-state index in [1.807, 2.05) is 11.3 Å². The van der Waals surface area contributed by atoms with Gasteiger partial charge in [-0.3, -0.25) is 4.90 Å². The summed E-state index contributed by atoms with van der Waals surface area (Å²) in [4.78, 5) is 6.27. The molecule has 3 unspecified atom stereocenters. The van der Waals surface area contributed by atoms with Crippen LogP contribution in [-0.2, 0) is 0 Å². The predicted molar refractivity (Wildman–Crippen MR) is 91.3 cm³/mol. The Morgan fingerprint density at radius 1 is 1.55 bits per heavy atom. The van der Waals surface area contributed by atoms with Crippen LogP contribution in [0.4, 0.5) is 0 Å². The zero-order valence-corrected chi connectivity index (χ0v) is 15.1. The number of rotatable bonds is 6. The summed E-state index contributed by atoms with van der Waals surface area (Å²) in [5, 5.41) is 0. The number of likely N-dealkylation sites (N-methyl/N-ethyl adjacent to an activating group) is 1. The van der Waals surface area contributed by atoms with E-state index in [0.29, 0.717) is 6.04 Å². The molecule has 1 saturated heterocycles. The second kappa shape index (κ2) is 7.36. The number of thiophene rings is 1. The topological polar surface area (TPSA) is 32.5 Å². The Bertz CT molecular complexity index is 423. The van der Waals surface area contributed by atoms with Gasteiger partial charge in [-0.15, -0.1) is 11.3 Å². The molecule has 0 spiro atoms. The monoisotopic (exact) mass is 359 g/mol. The average molecular weight is 360 g/mol. The fourth-order valence-electron chi connectivity index (χ4n) is 3.16. The lowest BCUT2D eigenvalue weighted by molar-refractivity contribution is 0.183. The Labute approximate surface area is 135 Å². The van der Waals surface area contributed by atoms with Crippen LogP contribution < -0.4 is 5.73 Å². The zero-order chi connectivity index (χ0) is 14.7. The summed E-state index contributed by atoms with van der Waals surface area (Å²) < 4.78 is 1.19. The molecule has 2 N–H and O–H groups in total. The van der Waals surface area contributed by atoms with E-state index >= 15 is 0 Å². The van der Waals surface area contributed by atoms with Crippen molar-refractivity contribution < 1.29 is 0 Å². The minimum absolute atomic E-state index is 0.199. The molecule has 5 heteroatoms. The van der Waals surface area contributed by atoms with Crippen LogP contribution in [0.15, 0.2) is 15.9 Å². The Balaban J connectivity index is 2.06. The van der Waals surface area contributed by atoms with Crippen molar-refractivity contribution in [3.05, 3.63) is 20.8 Å². The van der Waals surface area contributed by atoms with E-state index in [9.17, 15) is 0 Å². The van der Waals surface area contributed by atoms with E-state index in [0.717, 1.165) is 18.9 Å². The fraction of sp³-hybridized carbons (Fsp3) is 0.733. The molecule has 0 amide bonds. The molecule has 1 aliphatic rings. The van der Waals surface area contributed by atoms with Gasteiger partial charge in [0.2, 0.25) is 0 Å². The van der Waals surface area contributed by atoms with Gasteiger partial charge in [-0.1, -0.05) is 6.92 Å². The van der Waals surface area contributed by atoms with Gasteiger partial charge in [0.1, 0.15) is 0 Å². The Hall–Kier alpha value is 0.0600. The van der Waals surface area contributed by atoms with Crippen molar-refractivity contribution in [2.45, 2.75) is 31.8 Å². The van der Waals surface area contributed by atoms with Gasteiger partial charge in [0.05, 0.1) is 9.83 Å². The smallest absolute Gasteiger partial charge is 0.0702 e. The third-order valence-corrected chi connectivity index (χ3v) is 5.97. The van der Waals surface area contributed by atoms with Crippen molar-refractivity contribution in [3.63, 3.8) is 0 Å². The highest BCUT2D eigenvalue weighted by Gasteiger charge is 2.28. The summed E-state index contributed by atoms with van der Waals surface area (Å²) in [5.41, 5.74) is 6.40. The highest BCUT2D eigenvalue weighted by Crippen LogP contribution is 2.33. The van der Waals surface area contributed by atoms with Crippen molar-refractivity contribution in [3.8, 4) is 0 Å². The largest absolute Gasteiger partial charge is 0.326 e. The van der Waals surface area contributed by atoms with Crippen LogP contribution >= 0.6 is 27.3 Å². The summed E-state index contributed by atoms with van der Waals surface area (Å²) >= 11 is 5.38. The number of nitrogens with zero attached hydrogens (tertiary/aromatic N) is 2. The maximum Gasteiger partial charge on any atom is 0.0702 e. The van der Waals surface area contributed by atoms with Gasteiger partial charge in [-0.2, -0.15) is 0 Å². The maximum atomic E-state index is 6.40. The molecule has 3 nitrogen and oxygen atoms in total. The van der Waals surface area contributed by atoms with Gasteiger partial charge in [0, 0.05) is 24.0 Å². The standard InChI is InChI=1S/C15H26BrN3S/c1-4-12(17)15(13-5-6-14(16)20-13)19(3)10-11-7-8-18(2)9-11/h5-6,11-12,15H,4,7-10,17H2,1-3H3.